The second-order valence-electron chi connectivity index (χ2n) is 5.10. The van der Waals surface area contributed by atoms with Crippen LogP contribution in [-0.2, 0) is 23.7 Å². The van der Waals surface area contributed by atoms with Gasteiger partial charge in [-0.1, -0.05) is 0 Å². The van der Waals surface area contributed by atoms with Crippen LogP contribution in [0.5, 0.6) is 5.75 Å². The number of benzene rings is 1. The fraction of sp³-hybridized carbons (Fsp3) is 0.429. The Kier molecular flexibility index (Phi) is 5.69. The summed E-state index contributed by atoms with van der Waals surface area (Å²) in [5.74, 6) is 1.25. The van der Waals surface area contributed by atoms with E-state index in [-0.39, 0.29) is 17.5 Å². The summed E-state index contributed by atoms with van der Waals surface area (Å²) in [5, 5.41) is 6.92. The first-order valence-corrected chi connectivity index (χ1v) is 8.63. The van der Waals surface area contributed by atoms with Crippen LogP contribution in [0, 0.1) is 0 Å². The average Bonchev–Trinajstić information content (AvgIpc) is 2.96. The Morgan fingerprint density at radius 3 is 2.57 bits per heavy atom. The van der Waals surface area contributed by atoms with E-state index in [1.165, 1.54) is 18.5 Å². The summed E-state index contributed by atoms with van der Waals surface area (Å²) in [6, 6.07) is 6.31. The van der Waals surface area contributed by atoms with E-state index < -0.39 is 10.0 Å². The zero-order valence-electron chi connectivity index (χ0n) is 13.4. The molecular weight excluding hydrogens is 318 g/mol. The van der Waals surface area contributed by atoms with Crippen molar-refractivity contribution in [1.82, 2.24) is 24.8 Å². The van der Waals surface area contributed by atoms with Crippen molar-refractivity contribution in [3.05, 3.63) is 36.4 Å². The van der Waals surface area contributed by atoms with Crippen LogP contribution >= 0.6 is 0 Å². The van der Waals surface area contributed by atoms with Crippen molar-refractivity contribution < 1.29 is 13.2 Å². The van der Waals surface area contributed by atoms with Gasteiger partial charge in [-0.2, -0.15) is 5.10 Å². The third-order valence-electron chi connectivity index (χ3n) is 3.38. The van der Waals surface area contributed by atoms with E-state index in [1.807, 2.05) is 6.92 Å². The lowest BCUT2D eigenvalue weighted by molar-refractivity contribution is 0.289. The molecule has 9 heteroatoms. The van der Waals surface area contributed by atoms with Gasteiger partial charge in [0.1, 0.15) is 18.7 Å². The smallest absolute Gasteiger partial charge is 0.240 e. The molecule has 2 aromatic rings. The molecule has 0 fully saturated rings. The number of likely N-dealkylation sites (N-methyl/N-ethyl adjacent to an activating group) is 1. The van der Waals surface area contributed by atoms with Gasteiger partial charge in [-0.05, 0) is 38.2 Å². The standard InChI is InChI=1S/C14H21N5O3S/c1-11(15-2)8-18-23(20,21)13-6-4-12(5-7-13)22-9-14-16-10-17-19(14)3/h4-7,10-11,15,18H,8-9H2,1-3H3. The molecule has 23 heavy (non-hydrogen) atoms. The van der Waals surface area contributed by atoms with Gasteiger partial charge in [0, 0.05) is 19.6 Å². The Balaban J connectivity index is 1.97. The molecule has 1 aromatic carbocycles. The van der Waals surface area contributed by atoms with Crippen molar-refractivity contribution >= 4 is 10.0 Å². The molecule has 1 unspecified atom stereocenters. The third kappa shape index (κ3) is 4.75. The van der Waals surface area contributed by atoms with Gasteiger partial charge in [0.2, 0.25) is 10.0 Å². The second-order valence-corrected chi connectivity index (χ2v) is 6.87. The zero-order valence-corrected chi connectivity index (χ0v) is 14.2. The summed E-state index contributed by atoms with van der Waals surface area (Å²) < 4.78 is 34.0. The van der Waals surface area contributed by atoms with Gasteiger partial charge in [-0.25, -0.2) is 18.1 Å². The Morgan fingerprint density at radius 1 is 1.30 bits per heavy atom. The predicted molar refractivity (Wildman–Crippen MR) is 85.5 cm³/mol. The molecule has 1 atom stereocenters. The van der Waals surface area contributed by atoms with Crippen molar-refractivity contribution in [1.29, 1.82) is 0 Å². The van der Waals surface area contributed by atoms with Gasteiger partial charge in [0.15, 0.2) is 5.82 Å². The number of sulfonamides is 1. The summed E-state index contributed by atoms with van der Waals surface area (Å²) in [7, 11) is 0.0379. The SMILES string of the molecule is CNC(C)CNS(=O)(=O)c1ccc(OCc2ncnn2C)cc1. The molecule has 0 aliphatic rings. The summed E-state index contributed by atoms with van der Waals surface area (Å²) in [4.78, 5) is 4.25. The van der Waals surface area contributed by atoms with Crippen molar-refractivity contribution in [2.75, 3.05) is 13.6 Å². The molecule has 2 rings (SSSR count). The van der Waals surface area contributed by atoms with Crippen LogP contribution in [-0.4, -0.2) is 42.8 Å². The van der Waals surface area contributed by atoms with E-state index in [4.69, 9.17) is 4.74 Å². The van der Waals surface area contributed by atoms with Crippen LogP contribution < -0.4 is 14.8 Å². The Labute approximate surface area is 135 Å². The first-order chi connectivity index (χ1) is 10.9. The summed E-state index contributed by atoms with van der Waals surface area (Å²) >= 11 is 0. The van der Waals surface area contributed by atoms with E-state index in [1.54, 1.807) is 30.9 Å². The third-order valence-corrected chi connectivity index (χ3v) is 4.82. The number of ether oxygens (including phenoxy) is 1. The first-order valence-electron chi connectivity index (χ1n) is 7.15. The molecule has 0 radical (unpaired) electrons. The highest BCUT2D eigenvalue weighted by Crippen LogP contribution is 2.16. The molecule has 2 N–H and O–H groups in total. The van der Waals surface area contributed by atoms with E-state index in [2.05, 4.69) is 20.1 Å². The Bertz CT molecular complexity index is 727. The number of aromatic nitrogens is 3. The molecule has 0 bridgehead atoms. The van der Waals surface area contributed by atoms with Crippen LogP contribution in [0.15, 0.2) is 35.5 Å². The van der Waals surface area contributed by atoms with Crippen LogP contribution in [0.3, 0.4) is 0 Å². The highest BCUT2D eigenvalue weighted by Gasteiger charge is 2.14. The van der Waals surface area contributed by atoms with E-state index in [9.17, 15) is 8.42 Å². The van der Waals surface area contributed by atoms with Crippen molar-refractivity contribution in [2.24, 2.45) is 7.05 Å². The lowest BCUT2D eigenvalue weighted by Gasteiger charge is -2.12. The molecule has 0 saturated heterocycles. The van der Waals surface area contributed by atoms with Gasteiger partial charge < -0.3 is 10.1 Å². The topological polar surface area (TPSA) is 98.1 Å². The summed E-state index contributed by atoms with van der Waals surface area (Å²) in [5.41, 5.74) is 0. The highest BCUT2D eigenvalue weighted by molar-refractivity contribution is 7.89. The average molecular weight is 339 g/mol. The lowest BCUT2D eigenvalue weighted by Crippen LogP contribution is -2.37. The maximum absolute atomic E-state index is 12.2. The van der Waals surface area contributed by atoms with Crippen LogP contribution in [0.2, 0.25) is 0 Å². The normalized spacial score (nSPS) is 13.0. The number of nitrogens with one attached hydrogen (secondary N) is 2. The largest absolute Gasteiger partial charge is 0.486 e. The Hall–Kier alpha value is -1.97. The molecule has 0 saturated carbocycles. The predicted octanol–water partition coefficient (Wildman–Crippen LogP) is 0.280. The van der Waals surface area contributed by atoms with Gasteiger partial charge in [0.25, 0.3) is 0 Å². The molecule has 0 aliphatic heterocycles. The quantitative estimate of drug-likeness (QED) is 0.717. The molecule has 8 nitrogen and oxygen atoms in total. The lowest BCUT2D eigenvalue weighted by atomic mass is 10.3. The van der Waals surface area contributed by atoms with Crippen molar-refractivity contribution in [2.45, 2.75) is 24.5 Å². The minimum Gasteiger partial charge on any atom is -0.486 e. The number of rotatable bonds is 8. The van der Waals surface area contributed by atoms with Crippen LogP contribution in [0.25, 0.3) is 0 Å². The van der Waals surface area contributed by atoms with E-state index >= 15 is 0 Å². The molecule has 1 aromatic heterocycles. The van der Waals surface area contributed by atoms with Crippen LogP contribution in [0.1, 0.15) is 12.7 Å². The summed E-state index contributed by atoms with van der Waals surface area (Å²) in [6.07, 6.45) is 1.45. The molecule has 0 amide bonds. The van der Waals surface area contributed by atoms with Crippen LogP contribution in [0.4, 0.5) is 0 Å². The first kappa shape index (κ1) is 17.4. The van der Waals surface area contributed by atoms with Gasteiger partial charge in [-0.15, -0.1) is 0 Å². The monoisotopic (exact) mass is 339 g/mol. The van der Waals surface area contributed by atoms with E-state index in [0.29, 0.717) is 18.1 Å². The highest BCUT2D eigenvalue weighted by atomic mass is 32.2. The fourth-order valence-corrected chi connectivity index (χ4v) is 2.86. The number of hydrogen-bond acceptors (Lipinski definition) is 6. The van der Waals surface area contributed by atoms with Gasteiger partial charge >= 0.3 is 0 Å². The van der Waals surface area contributed by atoms with Gasteiger partial charge in [0.05, 0.1) is 4.90 Å². The second kappa shape index (κ2) is 7.53. The minimum absolute atomic E-state index is 0.0544. The Morgan fingerprint density at radius 2 is 2.00 bits per heavy atom. The minimum atomic E-state index is -3.52. The molecule has 0 aliphatic carbocycles. The maximum atomic E-state index is 12.2. The number of hydrogen-bond donors (Lipinski definition) is 2. The molecular formula is C14H21N5O3S. The number of nitrogens with zero attached hydrogens (tertiary/aromatic N) is 3. The fourth-order valence-electron chi connectivity index (χ4n) is 1.73. The maximum Gasteiger partial charge on any atom is 0.240 e. The van der Waals surface area contributed by atoms with Crippen molar-refractivity contribution in [3.63, 3.8) is 0 Å². The molecule has 0 spiro atoms. The van der Waals surface area contributed by atoms with Gasteiger partial charge in [-0.3, -0.25) is 4.68 Å². The molecule has 126 valence electrons. The summed E-state index contributed by atoms with van der Waals surface area (Å²) in [6.45, 7) is 2.48. The molecule has 1 heterocycles. The number of aryl methyl sites for hydroxylation is 1. The van der Waals surface area contributed by atoms with E-state index in [0.717, 1.165) is 0 Å². The van der Waals surface area contributed by atoms with Crippen molar-refractivity contribution in [3.8, 4) is 5.75 Å². The zero-order chi connectivity index (χ0) is 16.9.